The van der Waals surface area contributed by atoms with E-state index in [2.05, 4.69) is 10.3 Å². The molecule has 0 saturated heterocycles. The van der Waals surface area contributed by atoms with Crippen LogP contribution in [0, 0.1) is 0 Å². The smallest absolute Gasteiger partial charge is 0.338 e. The number of hydrogen-bond acceptors (Lipinski definition) is 4. The number of carbonyl (C=O) groups is 2. The third-order valence-corrected chi connectivity index (χ3v) is 2.82. The van der Waals surface area contributed by atoms with E-state index < -0.39 is 11.6 Å². The molecule has 1 amide bonds. The van der Waals surface area contributed by atoms with Gasteiger partial charge in [-0.25, -0.2) is 4.79 Å². The van der Waals surface area contributed by atoms with Crippen molar-refractivity contribution >= 4 is 17.6 Å². The normalized spacial score (nSPS) is 10.9. The Morgan fingerprint density at radius 2 is 1.61 bits per heavy atom. The molecule has 2 rings (SSSR count). The van der Waals surface area contributed by atoms with Crippen molar-refractivity contribution in [1.82, 2.24) is 4.98 Å². The molecule has 1 heterocycles. The summed E-state index contributed by atoms with van der Waals surface area (Å²) in [4.78, 5) is 37.3. The zero-order valence-corrected chi connectivity index (χ0v) is 13.2. The molecule has 0 aliphatic heterocycles. The minimum atomic E-state index is -0.561. The Kier molecular flexibility index (Phi) is 4.64. The van der Waals surface area contributed by atoms with Gasteiger partial charge in [0, 0.05) is 18.0 Å². The number of hydrogen-bond donors (Lipinski definition) is 2. The highest BCUT2D eigenvalue weighted by molar-refractivity contribution is 6.04. The Balaban J connectivity index is 2.05. The first-order valence-electron chi connectivity index (χ1n) is 7.08. The van der Waals surface area contributed by atoms with Crippen LogP contribution in [0.2, 0.25) is 0 Å². The monoisotopic (exact) mass is 314 g/mol. The molecule has 0 unspecified atom stereocenters. The maximum atomic E-state index is 12.0. The molecule has 6 heteroatoms. The van der Waals surface area contributed by atoms with Crippen molar-refractivity contribution in [2.45, 2.75) is 26.4 Å². The number of aromatic amines is 1. The Morgan fingerprint density at radius 3 is 2.13 bits per heavy atom. The van der Waals surface area contributed by atoms with Crippen LogP contribution in [0.25, 0.3) is 0 Å². The second-order valence-corrected chi connectivity index (χ2v) is 5.97. The molecule has 0 spiro atoms. The third-order valence-electron chi connectivity index (χ3n) is 2.82. The molecule has 2 aromatic rings. The predicted octanol–water partition coefficient (Wildman–Crippen LogP) is 2.58. The van der Waals surface area contributed by atoms with Crippen LogP contribution >= 0.6 is 0 Å². The van der Waals surface area contributed by atoms with Crippen LogP contribution in [0.5, 0.6) is 0 Å². The second-order valence-electron chi connectivity index (χ2n) is 5.97. The first-order chi connectivity index (χ1) is 10.7. The van der Waals surface area contributed by atoms with E-state index in [4.69, 9.17) is 4.74 Å². The van der Waals surface area contributed by atoms with Crippen molar-refractivity contribution < 1.29 is 14.3 Å². The van der Waals surface area contributed by atoms with Crippen molar-refractivity contribution in [2.24, 2.45) is 0 Å². The van der Waals surface area contributed by atoms with Gasteiger partial charge >= 0.3 is 5.97 Å². The summed E-state index contributed by atoms with van der Waals surface area (Å²) < 4.78 is 5.27. The summed E-state index contributed by atoms with van der Waals surface area (Å²) in [6, 6.07) is 9.10. The molecule has 0 bridgehead atoms. The molecule has 2 N–H and O–H groups in total. The summed E-state index contributed by atoms with van der Waals surface area (Å²) in [5.41, 5.74) is 0.438. The standard InChI is InChI=1S/C17H18N2O4/c1-17(2,3)23-16(22)11-4-7-13(8-5-11)19-15(21)12-6-9-14(20)18-10-12/h4-10H,1-3H3,(H,18,20)(H,19,21). The molecule has 0 atom stereocenters. The molecule has 0 aliphatic rings. The zero-order chi connectivity index (χ0) is 17.0. The first-order valence-corrected chi connectivity index (χ1v) is 7.08. The fourth-order valence-electron chi connectivity index (χ4n) is 1.78. The molecule has 0 radical (unpaired) electrons. The topological polar surface area (TPSA) is 88.3 Å². The van der Waals surface area contributed by atoms with Gasteiger partial charge in [-0.05, 0) is 51.1 Å². The molecular weight excluding hydrogens is 296 g/mol. The van der Waals surface area contributed by atoms with Crippen LogP contribution in [0.1, 0.15) is 41.5 Å². The van der Waals surface area contributed by atoms with E-state index in [1.165, 1.54) is 18.3 Å². The summed E-state index contributed by atoms with van der Waals surface area (Å²) in [7, 11) is 0. The number of ether oxygens (including phenoxy) is 1. The van der Waals surface area contributed by atoms with Gasteiger partial charge in [-0.1, -0.05) is 0 Å². The largest absolute Gasteiger partial charge is 0.456 e. The van der Waals surface area contributed by atoms with Crippen molar-refractivity contribution in [3.8, 4) is 0 Å². The molecule has 1 aromatic carbocycles. The van der Waals surface area contributed by atoms with E-state index in [1.54, 1.807) is 45.0 Å². The lowest BCUT2D eigenvalue weighted by molar-refractivity contribution is 0.00695. The quantitative estimate of drug-likeness (QED) is 0.852. The van der Waals surface area contributed by atoms with Gasteiger partial charge in [-0.3, -0.25) is 9.59 Å². The number of pyridine rings is 1. The maximum absolute atomic E-state index is 12.0. The molecule has 0 saturated carbocycles. The van der Waals surface area contributed by atoms with Crippen LogP contribution in [-0.2, 0) is 4.74 Å². The Labute approximate surface area is 133 Å². The molecule has 6 nitrogen and oxygen atoms in total. The highest BCUT2D eigenvalue weighted by Crippen LogP contribution is 2.15. The van der Waals surface area contributed by atoms with E-state index in [1.807, 2.05) is 0 Å². The summed E-state index contributed by atoms with van der Waals surface area (Å²) in [5, 5.41) is 2.68. The second kappa shape index (κ2) is 6.48. The van der Waals surface area contributed by atoms with Gasteiger partial charge in [0.05, 0.1) is 11.1 Å². The number of H-pyrrole nitrogens is 1. The van der Waals surface area contributed by atoms with Gasteiger partial charge in [0.1, 0.15) is 5.60 Å². The van der Waals surface area contributed by atoms with E-state index in [0.717, 1.165) is 0 Å². The van der Waals surface area contributed by atoms with Crippen molar-refractivity contribution in [3.05, 3.63) is 64.1 Å². The number of carbonyl (C=O) groups excluding carboxylic acids is 2. The molecule has 120 valence electrons. The number of amides is 1. The fourth-order valence-corrected chi connectivity index (χ4v) is 1.78. The van der Waals surface area contributed by atoms with Crippen LogP contribution in [0.15, 0.2) is 47.4 Å². The maximum Gasteiger partial charge on any atom is 0.338 e. The van der Waals surface area contributed by atoms with Crippen molar-refractivity contribution in [2.75, 3.05) is 5.32 Å². The zero-order valence-electron chi connectivity index (χ0n) is 13.2. The molecular formula is C17H18N2O4. The van der Waals surface area contributed by atoms with Crippen LogP contribution in [0.4, 0.5) is 5.69 Å². The molecule has 0 fully saturated rings. The summed E-state index contributed by atoms with van der Waals surface area (Å²) in [6.07, 6.45) is 1.34. The predicted molar refractivity (Wildman–Crippen MR) is 86.6 cm³/mol. The summed E-state index contributed by atoms with van der Waals surface area (Å²) in [5.74, 6) is -0.776. The van der Waals surface area contributed by atoms with E-state index in [9.17, 15) is 14.4 Å². The summed E-state index contributed by atoms with van der Waals surface area (Å²) >= 11 is 0. The highest BCUT2D eigenvalue weighted by atomic mass is 16.6. The van der Waals surface area contributed by atoms with Crippen LogP contribution in [-0.4, -0.2) is 22.5 Å². The highest BCUT2D eigenvalue weighted by Gasteiger charge is 2.17. The number of aromatic nitrogens is 1. The lowest BCUT2D eigenvalue weighted by Crippen LogP contribution is -2.23. The average molecular weight is 314 g/mol. The number of anilines is 1. The minimum absolute atomic E-state index is 0.275. The third kappa shape index (κ3) is 4.81. The minimum Gasteiger partial charge on any atom is -0.456 e. The van der Waals surface area contributed by atoms with Gasteiger partial charge < -0.3 is 15.0 Å². The van der Waals surface area contributed by atoms with Gasteiger partial charge in [0.15, 0.2) is 0 Å². The van der Waals surface area contributed by atoms with Gasteiger partial charge in [0.2, 0.25) is 5.56 Å². The fraction of sp³-hybridized carbons (Fsp3) is 0.235. The number of rotatable bonds is 3. The Bertz CT molecular complexity index is 750. The Hall–Kier alpha value is -2.89. The van der Waals surface area contributed by atoms with E-state index >= 15 is 0 Å². The summed E-state index contributed by atoms with van der Waals surface area (Å²) in [6.45, 7) is 5.39. The number of benzene rings is 1. The van der Waals surface area contributed by atoms with Crippen molar-refractivity contribution in [1.29, 1.82) is 0 Å². The lowest BCUT2D eigenvalue weighted by Gasteiger charge is -2.19. The van der Waals surface area contributed by atoms with Gasteiger partial charge in [-0.15, -0.1) is 0 Å². The van der Waals surface area contributed by atoms with Gasteiger partial charge in [-0.2, -0.15) is 0 Å². The Morgan fingerprint density at radius 1 is 1.00 bits per heavy atom. The van der Waals surface area contributed by atoms with E-state index in [-0.39, 0.29) is 11.5 Å². The average Bonchev–Trinajstić information content (AvgIpc) is 2.46. The molecule has 0 aliphatic carbocycles. The van der Waals surface area contributed by atoms with Crippen LogP contribution < -0.4 is 10.9 Å². The number of nitrogens with one attached hydrogen (secondary N) is 2. The SMILES string of the molecule is CC(C)(C)OC(=O)c1ccc(NC(=O)c2ccc(=O)[nH]c2)cc1. The number of esters is 1. The van der Waals surface area contributed by atoms with Crippen LogP contribution in [0.3, 0.4) is 0 Å². The first kappa shape index (κ1) is 16.5. The lowest BCUT2D eigenvalue weighted by atomic mass is 10.1. The molecule has 23 heavy (non-hydrogen) atoms. The van der Waals surface area contributed by atoms with Crippen molar-refractivity contribution in [3.63, 3.8) is 0 Å². The van der Waals surface area contributed by atoms with E-state index in [0.29, 0.717) is 16.8 Å². The van der Waals surface area contributed by atoms with Gasteiger partial charge in [0.25, 0.3) is 5.91 Å². The molecule has 1 aromatic heterocycles.